The summed E-state index contributed by atoms with van der Waals surface area (Å²) in [6.45, 7) is 5.88. The summed E-state index contributed by atoms with van der Waals surface area (Å²) in [6, 6.07) is 14.1. The molecule has 4 atom stereocenters. The number of hydrogen-bond donors (Lipinski definition) is 1. The van der Waals surface area contributed by atoms with Gasteiger partial charge in [-0.25, -0.2) is 0 Å². The summed E-state index contributed by atoms with van der Waals surface area (Å²) in [7, 11) is 0. The summed E-state index contributed by atoms with van der Waals surface area (Å²) in [5.41, 5.74) is 1.76. The van der Waals surface area contributed by atoms with Gasteiger partial charge in [-0.3, -0.25) is 4.79 Å². The number of aromatic nitrogens is 4. The maximum atomic E-state index is 13.8. The first kappa shape index (κ1) is 23.4. The van der Waals surface area contributed by atoms with Gasteiger partial charge in [0, 0.05) is 16.5 Å². The standard InChI is InChI=1S/C24H25Cl2N5O2/c1-3-6-19(23-27-29-30-28-23)31-21(15-10-12-17(25)13-11-15)22(16-8-5-9-18(26)14-16)33-20(7-4-2)24(31)32/h4-5,8-14,19-22H,2-3,6-7H2,1H3,(H,27,28,29,30)/t19?,20-,21+,22-/m0/s1. The van der Waals surface area contributed by atoms with Crippen LogP contribution < -0.4 is 0 Å². The average molecular weight is 486 g/mol. The van der Waals surface area contributed by atoms with Crippen LogP contribution in [0.1, 0.15) is 61.3 Å². The number of halogens is 2. The minimum atomic E-state index is -0.693. The Labute approximate surface area is 202 Å². The van der Waals surface area contributed by atoms with E-state index in [1.807, 2.05) is 53.4 Å². The fourth-order valence-corrected chi connectivity index (χ4v) is 4.66. The van der Waals surface area contributed by atoms with Crippen molar-refractivity contribution in [2.24, 2.45) is 0 Å². The molecule has 33 heavy (non-hydrogen) atoms. The second kappa shape index (κ2) is 10.5. The van der Waals surface area contributed by atoms with Crippen LogP contribution in [0.4, 0.5) is 0 Å². The highest BCUT2D eigenvalue weighted by atomic mass is 35.5. The first-order valence-corrected chi connectivity index (χ1v) is 11.6. The van der Waals surface area contributed by atoms with E-state index < -0.39 is 18.2 Å². The Hall–Kier alpha value is -2.74. The Morgan fingerprint density at radius 3 is 2.61 bits per heavy atom. The number of carbonyl (C=O) groups excluding carboxylic acids is 1. The van der Waals surface area contributed by atoms with Gasteiger partial charge >= 0.3 is 0 Å². The quantitative estimate of drug-likeness (QED) is 0.417. The van der Waals surface area contributed by atoms with Gasteiger partial charge in [0.1, 0.15) is 12.2 Å². The third-order valence-electron chi connectivity index (χ3n) is 5.75. The van der Waals surface area contributed by atoms with Gasteiger partial charge < -0.3 is 9.64 Å². The van der Waals surface area contributed by atoms with Gasteiger partial charge in [0.2, 0.25) is 0 Å². The van der Waals surface area contributed by atoms with Crippen molar-refractivity contribution < 1.29 is 9.53 Å². The lowest BCUT2D eigenvalue weighted by Crippen LogP contribution is -2.52. The van der Waals surface area contributed by atoms with Crippen molar-refractivity contribution in [2.75, 3.05) is 0 Å². The number of carbonyl (C=O) groups is 1. The van der Waals surface area contributed by atoms with Crippen LogP contribution in [0.2, 0.25) is 10.0 Å². The molecule has 1 amide bonds. The Bertz CT molecular complexity index is 1090. The fourth-order valence-electron chi connectivity index (χ4n) is 4.33. The number of tetrazole rings is 1. The normalized spacial score (nSPS) is 21.7. The fraction of sp³-hybridized carbons (Fsp3) is 0.333. The SMILES string of the molecule is C=CC[C@@H]1O[C@@H](c2cccc(Cl)c2)[C@@H](c2ccc(Cl)cc2)N(C(CCC)c2nn[nH]n2)C1=O. The molecule has 1 aliphatic heterocycles. The Morgan fingerprint density at radius 1 is 1.18 bits per heavy atom. The number of hydrogen-bond acceptors (Lipinski definition) is 5. The average Bonchev–Trinajstić information content (AvgIpc) is 3.34. The molecule has 3 aromatic rings. The Kier molecular flexibility index (Phi) is 7.42. The molecule has 9 heteroatoms. The van der Waals surface area contributed by atoms with Gasteiger partial charge in [-0.2, -0.15) is 5.21 Å². The number of morpholine rings is 1. The van der Waals surface area contributed by atoms with E-state index in [2.05, 4.69) is 34.1 Å². The van der Waals surface area contributed by atoms with E-state index in [4.69, 9.17) is 27.9 Å². The molecule has 0 bridgehead atoms. The molecule has 1 saturated heterocycles. The summed E-state index contributed by atoms with van der Waals surface area (Å²) in [5.74, 6) is 0.324. The zero-order chi connectivity index (χ0) is 23.4. The summed E-state index contributed by atoms with van der Waals surface area (Å²) in [6.07, 6.45) is 2.40. The van der Waals surface area contributed by atoms with Gasteiger partial charge in [-0.15, -0.1) is 16.8 Å². The Morgan fingerprint density at radius 2 is 1.97 bits per heavy atom. The van der Waals surface area contributed by atoms with Crippen LogP contribution in [-0.4, -0.2) is 37.5 Å². The van der Waals surface area contributed by atoms with E-state index in [1.54, 1.807) is 6.08 Å². The summed E-state index contributed by atoms with van der Waals surface area (Å²) < 4.78 is 6.44. The molecule has 1 aromatic heterocycles. The van der Waals surface area contributed by atoms with Gasteiger partial charge in [0.05, 0.1) is 12.1 Å². The van der Waals surface area contributed by atoms with E-state index in [0.29, 0.717) is 28.7 Å². The molecule has 0 radical (unpaired) electrons. The molecule has 172 valence electrons. The van der Waals surface area contributed by atoms with E-state index in [0.717, 1.165) is 17.5 Å². The zero-order valence-electron chi connectivity index (χ0n) is 18.2. The largest absolute Gasteiger partial charge is 0.358 e. The predicted octanol–water partition coefficient (Wildman–Crippen LogP) is 5.63. The smallest absolute Gasteiger partial charge is 0.253 e. The third kappa shape index (κ3) is 4.95. The number of benzene rings is 2. The second-order valence-electron chi connectivity index (χ2n) is 7.94. The second-order valence-corrected chi connectivity index (χ2v) is 8.81. The lowest BCUT2D eigenvalue weighted by Gasteiger charge is -2.47. The first-order chi connectivity index (χ1) is 16.0. The number of nitrogens with zero attached hydrogens (tertiary/aromatic N) is 4. The molecule has 1 fully saturated rings. The van der Waals surface area contributed by atoms with Crippen molar-refractivity contribution in [3.05, 3.63) is 88.2 Å². The van der Waals surface area contributed by atoms with Crippen LogP contribution in [0.15, 0.2) is 61.2 Å². The molecule has 0 saturated carbocycles. The number of nitrogens with one attached hydrogen (secondary N) is 1. The summed E-state index contributed by atoms with van der Waals surface area (Å²) >= 11 is 12.5. The van der Waals surface area contributed by atoms with Crippen molar-refractivity contribution in [2.45, 2.75) is 50.5 Å². The van der Waals surface area contributed by atoms with E-state index in [1.165, 1.54) is 0 Å². The topological polar surface area (TPSA) is 84.0 Å². The maximum Gasteiger partial charge on any atom is 0.253 e. The van der Waals surface area contributed by atoms with Crippen molar-refractivity contribution in [3.63, 3.8) is 0 Å². The van der Waals surface area contributed by atoms with Crippen LogP contribution in [-0.2, 0) is 9.53 Å². The Balaban J connectivity index is 1.90. The van der Waals surface area contributed by atoms with Crippen LogP contribution in [0.3, 0.4) is 0 Å². The van der Waals surface area contributed by atoms with Crippen molar-refractivity contribution in [1.82, 2.24) is 25.5 Å². The molecule has 1 aliphatic rings. The molecule has 7 nitrogen and oxygen atoms in total. The molecular formula is C24H25Cl2N5O2. The molecular weight excluding hydrogens is 461 g/mol. The highest BCUT2D eigenvalue weighted by Crippen LogP contribution is 2.47. The number of ether oxygens (including phenoxy) is 1. The highest BCUT2D eigenvalue weighted by Gasteiger charge is 2.47. The minimum Gasteiger partial charge on any atom is -0.358 e. The molecule has 0 spiro atoms. The monoisotopic (exact) mass is 485 g/mol. The number of aromatic amines is 1. The minimum absolute atomic E-state index is 0.142. The van der Waals surface area contributed by atoms with Crippen LogP contribution in [0, 0.1) is 0 Å². The van der Waals surface area contributed by atoms with Crippen LogP contribution in [0.5, 0.6) is 0 Å². The van der Waals surface area contributed by atoms with E-state index >= 15 is 0 Å². The van der Waals surface area contributed by atoms with Crippen LogP contribution in [0.25, 0.3) is 0 Å². The lowest BCUT2D eigenvalue weighted by atomic mass is 9.89. The van der Waals surface area contributed by atoms with E-state index in [-0.39, 0.29) is 11.9 Å². The van der Waals surface area contributed by atoms with Crippen LogP contribution >= 0.6 is 23.2 Å². The molecule has 1 N–H and O–H groups in total. The summed E-state index contributed by atoms with van der Waals surface area (Å²) in [5, 5.41) is 15.9. The molecule has 1 unspecified atom stereocenters. The predicted molar refractivity (Wildman–Crippen MR) is 127 cm³/mol. The molecule has 4 rings (SSSR count). The number of H-pyrrole nitrogens is 1. The van der Waals surface area contributed by atoms with Crippen molar-refractivity contribution in [1.29, 1.82) is 0 Å². The van der Waals surface area contributed by atoms with Gasteiger partial charge in [0.25, 0.3) is 5.91 Å². The third-order valence-corrected chi connectivity index (χ3v) is 6.24. The number of rotatable bonds is 8. The van der Waals surface area contributed by atoms with Gasteiger partial charge in [-0.1, -0.05) is 72.1 Å². The molecule has 0 aliphatic carbocycles. The molecule has 2 heterocycles. The maximum absolute atomic E-state index is 13.8. The summed E-state index contributed by atoms with van der Waals surface area (Å²) in [4.78, 5) is 15.7. The van der Waals surface area contributed by atoms with Gasteiger partial charge in [-0.05, 0) is 41.8 Å². The van der Waals surface area contributed by atoms with Gasteiger partial charge in [0.15, 0.2) is 5.82 Å². The zero-order valence-corrected chi connectivity index (χ0v) is 19.7. The van der Waals surface area contributed by atoms with E-state index in [9.17, 15) is 4.79 Å². The van der Waals surface area contributed by atoms with Crippen molar-refractivity contribution in [3.8, 4) is 0 Å². The highest BCUT2D eigenvalue weighted by molar-refractivity contribution is 6.30. The van der Waals surface area contributed by atoms with Crippen molar-refractivity contribution >= 4 is 29.1 Å². The molecule has 2 aromatic carbocycles. The lowest BCUT2D eigenvalue weighted by molar-refractivity contribution is -0.180. The number of amides is 1. The first-order valence-electron chi connectivity index (χ1n) is 10.9.